The second kappa shape index (κ2) is 5.92. The van der Waals surface area contributed by atoms with Gasteiger partial charge in [0.15, 0.2) is 0 Å². The number of rotatable bonds is 3. The van der Waals surface area contributed by atoms with Crippen molar-refractivity contribution >= 4 is 10.0 Å². The van der Waals surface area contributed by atoms with Crippen LogP contribution in [0, 0.1) is 5.92 Å². The van der Waals surface area contributed by atoms with Crippen LogP contribution >= 0.6 is 0 Å². The average Bonchev–Trinajstić information content (AvgIpc) is 2.97. The smallest absolute Gasteiger partial charge is 0.243 e. The van der Waals surface area contributed by atoms with E-state index in [0.29, 0.717) is 31.1 Å². The molecule has 2 aliphatic heterocycles. The fraction of sp³-hybridized carbons (Fsp3) is 0.625. The minimum absolute atomic E-state index is 0.178. The van der Waals surface area contributed by atoms with Crippen LogP contribution in [0.3, 0.4) is 0 Å². The average molecular weight is 325 g/mol. The van der Waals surface area contributed by atoms with Gasteiger partial charge in [0.25, 0.3) is 0 Å². The maximum atomic E-state index is 12.9. The fourth-order valence-electron chi connectivity index (χ4n) is 3.57. The van der Waals surface area contributed by atoms with E-state index < -0.39 is 15.6 Å². The molecule has 3 rings (SSSR count). The van der Waals surface area contributed by atoms with E-state index in [2.05, 4.69) is 0 Å². The molecule has 1 aromatic rings. The van der Waals surface area contributed by atoms with E-state index in [4.69, 9.17) is 4.74 Å². The van der Waals surface area contributed by atoms with Crippen LogP contribution in [0.1, 0.15) is 26.2 Å². The molecule has 3 atom stereocenters. The van der Waals surface area contributed by atoms with Gasteiger partial charge in [-0.3, -0.25) is 0 Å². The third-order valence-corrected chi connectivity index (χ3v) is 6.85. The van der Waals surface area contributed by atoms with Crippen LogP contribution in [0.4, 0.5) is 0 Å². The highest BCUT2D eigenvalue weighted by Crippen LogP contribution is 2.38. The summed E-state index contributed by atoms with van der Waals surface area (Å²) < 4.78 is 32.9. The summed E-state index contributed by atoms with van der Waals surface area (Å²) in [5, 5.41) is 10.6. The van der Waals surface area contributed by atoms with Gasteiger partial charge in [0.2, 0.25) is 10.0 Å². The van der Waals surface area contributed by atoms with Crippen molar-refractivity contribution in [1.82, 2.24) is 4.31 Å². The van der Waals surface area contributed by atoms with Crippen LogP contribution in [-0.4, -0.2) is 49.2 Å². The molecule has 2 fully saturated rings. The highest BCUT2D eigenvalue weighted by Gasteiger charge is 2.47. The lowest BCUT2D eigenvalue weighted by atomic mass is 9.80. The molecule has 0 spiro atoms. The maximum absolute atomic E-state index is 12.9. The molecule has 0 amide bonds. The minimum atomic E-state index is -3.52. The summed E-state index contributed by atoms with van der Waals surface area (Å²) in [5.41, 5.74) is -0.877. The van der Waals surface area contributed by atoms with Gasteiger partial charge in [0.1, 0.15) is 0 Å². The number of hydrogen-bond acceptors (Lipinski definition) is 4. The van der Waals surface area contributed by atoms with Crippen molar-refractivity contribution in [1.29, 1.82) is 0 Å². The minimum Gasteiger partial charge on any atom is -0.390 e. The zero-order chi connectivity index (χ0) is 15.8. The molecule has 1 N–H and O–H groups in total. The Bertz CT molecular complexity index is 614. The molecule has 22 heavy (non-hydrogen) atoms. The standard InChI is InChI=1S/C16H23NO4S/c1-16(18)9-11-21-12-14(16)15-8-5-10-17(15)22(19,20)13-6-3-2-4-7-13/h2-4,6-7,14-15,18H,5,8-12H2,1H3/t14-,15+,16+/m1/s1. The highest BCUT2D eigenvalue weighted by atomic mass is 32.2. The van der Waals surface area contributed by atoms with E-state index in [-0.39, 0.29) is 12.0 Å². The Kier molecular flexibility index (Phi) is 4.29. The summed E-state index contributed by atoms with van der Waals surface area (Å²) in [5.74, 6) is -0.178. The first-order chi connectivity index (χ1) is 10.4. The Hall–Kier alpha value is -0.950. The Morgan fingerprint density at radius 3 is 2.73 bits per heavy atom. The summed E-state index contributed by atoms with van der Waals surface area (Å²) in [6.07, 6.45) is 2.15. The first kappa shape index (κ1) is 15.9. The summed E-state index contributed by atoms with van der Waals surface area (Å²) in [4.78, 5) is 0.318. The number of sulfonamides is 1. The van der Waals surface area contributed by atoms with Crippen molar-refractivity contribution in [2.24, 2.45) is 5.92 Å². The van der Waals surface area contributed by atoms with Crippen LogP contribution in [0.2, 0.25) is 0 Å². The Morgan fingerprint density at radius 1 is 1.32 bits per heavy atom. The van der Waals surface area contributed by atoms with Gasteiger partial charge in [-0.2, -0.15) is 4.31 Å². The molecular weight excluding hydrogens is 302 g/mol. The van der Waals surface area contributed by atoms with Crippen LogP contribution < -0.4 is 0 Å². The van der Waals surface area contributed by atoms with Crippen LogP contribution in [0.5, 0.6) is 0 Å². The second-order valence-corrected chi connectivity index (χ2v) is 8.32. The monoisotopic (exact) mass is 325 g/mol. The van der Waals surface area contributed by atoms with Gasteiger partial charge in [-0.25, -0.2) is 8.42 Å². The first-order valence-corrected chi connectivity index (χ1v) is 9.24. The molecule has 0 aromatic heterocycles. The van der Waals surface area contributed by atoms with Gasteiger partial charge in [-0.15, -0.1) is 0 Å². The molecule has 1 aromatic carbocycles. The predicted octanol–water partition coefficient (Wildman–Crippen LogP) is 1.63. The van der Waals surface area contributed by atoms with Crippen molar-refractivity contribution < 1.29 is 18.3 Å². The molecular formula is C16H23NO4S. The van der Waals surface area contributed by atoms with E-state index in [1.54, 1.807) is 41.6 Å². The lowest BCUT2D eigenvalue weighted by Crippen LogP contribution is -2.53. The molecule has 2 saturated heterocycles. The zero-order valence-corrected chi connectivity index (χ0v) is 13.6. The third kappa shape index (κ3) is 2.80. The van der Waals surface area contributed by atoms with Crippen LogP contribution in [0.15, 0.2) is 35.2 Å². The van der Waals surface area contributed by atoms with Gasteiger partial charge in [-0.1, -0.05) is 18.2 Å². The topological polar surface area (TPSA) is 66.8 Å². The maximum Gasteiger partial charge on any atom is 0.243 e. The Labute approximate surface area is 131 Å². The van der Waals surface area contributed by atoms with E-state index >= 15 is 0 Å². The summed E-state index contributed by atoms with van der Waals surface area (Å²) in [6, 6.07) is 8.33. The highest BCUT2D eigenvalue weighted by molar-refractivity contribution is 7.89. The summed E-state index contributed by atoms with van der Waals surface area (Å²) in [6.45, 7) is 3.25. The molecule has 6 heteroatoms. The van der Waals surface area contributed by atoms with Crippen molar-refractivity contribution in [2.45, 2.75) is 42.7 Å². The van der Waals surface area contributed by atoms with Crippen molar-refractivity contribution in [3.63, 3.8) is 0 Å². The molecule has 0 bridgehead atoms. The largest absolute Gasteiger partial charge is 0.390 e. The van der Waals surface area contributed by atoms with E-state index in [0.717, 1.165) is 12.8 Å². The third-order valence-electron chi connectivity index (χ3n) is 4.91. The van der Waals surface area contributed by atoms with Gasteiger partial charge in [-0.05, 0) is 38.3 Å². The van der Waals surface area contributed by atoms with Gasteiger partial charge in [0.05, 0.1) is 17.1 Å². The van der Waals surface area contributed by atoms with Crippen LogP contribution in [-0.2, 0) is 14.8 Å². The predicted molar refractivity (Wildman–Crippen MR) is 82.9 cm³/mol. The summed E-state index contributed by atoms with van der Waals surface area (Å²) in [7, 11) is -3.52. The lowest BCUT2D eigenvalue weighted by Gasteiger charge is -2.42. The van der Waals surface area contributed by atoms with Gasteiger partial charge in [0, 0.05) is 25.1 Å². The Balaban J connectivity index is 1.90. The van der Waals surface area contributed by atoms with E-state index in [1.165, 1.54) is 0 Å². The molecule has 2 heterocycles. The van der Waals surface area contributed by atoms with Gasteiger partial charge < -0.3 is 9.84 Å². The molecule has 0 unspecified atom stereocenters. The van der Waals surface area contributed by atoms with E-state index in [1.807, 2.05) is 0 Å². The van der Waals surface area contributed by atoms with Gasteiger partial charge >= 0.3 is 0 Å². The normalized spacial score (nSPS) is 33.9. The molecule has 0 radical (unpaired) electrons. The summed E-state index contributed by atoms with van der Waals surface area (Å²) >= 11 is 0. The van der Waals surface area contributed by atoms with Crippen molar-refractivity contribution in [2.75, 3.05) is 19.8 Å². The van der Waals surface area contributed by atoms with Crippen LogP contribution in [0.25, 0.3) is 0 Å². The van der Waals surface area contributed by atoms with Crippen molar-refractivity contribution in [3.05, 3.63) is 30.3 Å². The molecule has 5 nitrogen and oxygen atoms in total. The molecule has 2 aliphatic rings. The molecule has 0 aliphatic carbocycles. The zero-order valence-electron chi connectivity index (χ0n) is 12.8. The lowest BCUT2D eigenvalue weighted by molar-refractivity contribution is -0.116. The van der Waals surface area contributed by atoms with Crippen molar-refractivity contribution in [3.8, 4) is 0 Å². The van der Waals surface area contributed by atoms with E-state index in [9.17, 15) is 13.5 Å². The number of nitrogens with zero attached hydrogens (tertiary/aromatic N) is 1. The number of aliphatic hydroxyl groups is 1. The molecule has 0 saturated carbocycles. The fourth-order valence-corrected chi connectivity index (χ4v) is 5.32. The number of benzene rings is 1. The number of hydrogen-bond donors (Lipinski definition) is 1. The second-order valence-electron chi connectivity index (χ2n) is 6.43. The first-order valence-electron chi connectivity index (χ1n) is 7.80. The molecule has 122 valence electrons. The number of ether oxygens (including phenoxy) is 1. The quantitative estimate of drug-likeness (QED) is 0.917. The SMILES string of the molecule is C[C@]1(O)CCOC[C@@H]1[C@@H]1CCCN1S(=O)(=O)c1ccccc1. The Morgan fingerprint density at radius 2 is 2.05 bits per heavy atom.